The third kappa shape index (κ3) is 2.46. The summed E-state index contributed by atoms with van der Waals surface area (Å²) >= 11 is 0. The van der Waals surface area contributed by atoms with Gasteiger partial charge in [-0.2, -0.15) is 4.99 Å². The van der Waals surface area contributed by atoms with Gasteiger partial charge in [-0.3, -0.25) is 4.99 Å². The number of aliphatic hydroxyl groups excluding tert-OH is 1. The van der Waals surface area contributed by atoms with Crippen LogP contribution < -0.4 is 5.73 Å². The fraction of sp³-hybridized carbons (Fsp3) is 0.769. The number of halogens is 1. The van der Waals surface area contributed by atoms with E-state index in [2.05, 4.69) is 15.0 Å². The largest absolute Gasteiger partial charge is 0.482 e. The molecule has 1 fully saturated rings. The first kappa shape index (κ1) is 16.1. The number of nitrogens with two attached hydrogens (primary N) is 1. The van der Waals surface area contributed by atoms with Crippen LogP contribution in [0.4, 0.5) is 4.39 Å². The number of hydrogen-bond acceptors (Lipinski definition) is 9. The summed E-state index contributed by atoms with van der Waals surface area (Å²) in [5.74, 6) is 0.319. The van der Waals surface area contributed by atoms with Gasteiger partial charge < -0.3 is 30.0 Å². The fourth-order valence-electron chi connectivity index (χ4n) is 3.03. The SMILES string of the molecule is COC[C@H]1OC(N2C=NC3C(OC)=NC(N)=NC32)[C@](C)(F)[C@@H]1O. The quantitative estimate of drug-likeness (QED) is 0.676. The normalized spacial score (nSPS) is 42.5. The molecule has 0 aromatic rings. The average molecular weight is 329 g/mol. The molecule has 0 bridgehead atoms. The number of aliphatic imine (C=N–C) groups is 3. The van der Waals surface area contributed by atoms with Crippen LogP contribution in [0.25, 0.3) is 0 Å². The van der Waals surface area contributed by atoms with Gasteiger partial charge in [0.1, 0.15) is 12.2 Å². The third-order valence-electron chi connectivity index (χ3n) is 4.22. The van der Waals surface area contributed by atoms with Crippen LogP contribution in [0.5, 0.6) is 0 Å². The molecule has 3 N–H and O–H groups in total. The summed E-state index contributed by atoms with van der Waals surface area (Å²) in [4.78, 5) is 13.9. The van der Waals surface area contributed by atoms with Gasteiger partial charge in [0.25, 0.3) is 0 Å². The van der Waals surface area contributed by atoms with E-state index in [1.807, 2.05) is 0 Å². The van der Waals surface area contributed by atoms with Crippen molar-refractivity contribution in [3.05, 3.63) is 0 Å². The van der Waals surface area contributed by atoms with Gasteiger partial charge in [-0.15, -0.1) is 0 Å². The van der Waals surface area contributed by atoms with Crippen molar-refractivity contribution in [1.29, 1.82) is 0 Å². The van der Waals surface area contributed by atoms with Gasteiger partial charge in [-0.05, 0) is 6.92 Å². The second kappa shape index (κ2) is 5.69. The maximum atomic E-state index is 15.1. The highest BCUT2D eigenvalue weighted by molar-refractivity contribution is 5.99. The lowest BCUT2D eigenvalue weighted by atomic mass is 9.97. The Balaban J connectivity index is 1.86. The van der Waals surface area contributed by atoms with E-state index in [-0.39, 0.29) is 12.6 Å². The number of aliphatic hydroxyl groups is 1. The topological polar surface area (TPSA) is 114 Å². The molecule has 0 aromatic carbocycles. The Morgan fingerprint density at radius 1 is 1.52 bits per heavy atom. The fourth-order valence-corrected chi connectivity index (χ4v) is 3.03. The molecule has 3 heterocycles. The van der Waals surface area contributed by atoms with Crippen LogP contribution in [0, 0.1) is 0 Å². The monoisotopic (exact) mass is 329 g/mol. The van der Waals surface area contributed by atoms with E-state index in [9.17, 15) is 5.11 Å². The molecule has 1 saturated heterocycles. The van der Waals surface area contributed by atoms with Crippen LogP contribution in [0.2, 0.25) is 0 Å². The number of methoxy groups -OCH3 is 2. The molecule has 0 spiro atoms. The minimum absolute atomic E-state index is 0.0196. The summed E-state index contributed by atoms with van der Waals surface area (Å²) in [6.07, 6.45) is -2.40. The molecule has 0 amide bonds. The maximum absolute atomic E-state index is 15.1. The van der Waals surface area contributed by atoms with Gasteiger partial charge in [0.2, 0.25) is 11.9 Å². The van der Waals surface area contributed by atoms with Crippen LogP contribution in [0.1, 0.15) is 6.92 Å². The Morgan fingerprint density at radius 3 is 2.91 bits per heavy atom. The zero-order valence-electron chi connectivity index (χ0n) is 13.1. The minimum Gasteiger partial charge on any atom is -0.482 e. The Labute approximate surface area is 132 Å². The molecule has 3 aliphatic heterocycles. The van der Waals surface area contributed by atoms with Gasteiger partial charge in [0.05, 0.1) is 20.1 Å². The number of guanidine groups is 1. The minimum atomic E-state index is -2.03. The molecule has 0 aliphatic carbocycles. The molecule has 128 valence electrons. The van der Waals surface area contributed by atoms with E-state index in [0.29, 0.717) is 5.90 Å². The smallest absolute Gasteiger partial charge is 0.220 e. The highest BCUT2D eigenvalue weighted by atomic mass is 19.1. The predicted molar refractivity (Wildman–Crippen MR) is 80.0 cm³/mol. The molecular weight excluding hydrogens is 309 g/mol. The highest BCUT2D eigenvalue weighted by Crippen LogP contribution is 2.39. The molecule has 23 heavy (non-hydrogen) atoms. The molecule has 0 radical (unpaired) electrons. The molecule has 0 aromatic heterocycles. The standard InChI is InChI=1S/C13H20FN5O4/c1-13(14)8(20)6(4-21-2)23-11(13)19-5-16-7-9(19)17-12(15)18-10(7)22-3/h5-9,11,20H,4H2,1-3H3,(H2,15,17)/t6-,7?,8-,9?,11?,13-/m1/s1. The second-order valence-electron chi connectivity index (χ2n) is 5.79. The van der Waals surface area contributed by atoms with E-state index < -0.39 is 36.3 Å². The summed E-state index contributed by atoms with van der Waals surface area (Å²) in [5, 5.41) is 10.2. The molecule has 3 aliphatic rings. The van der Waals surface area contributed by atoms with Gasteiger partial charge in [0, 0.05) is 7.11 Å². The highest BCUT2D eigenvalue weighted by Gasteiger charge is 2.58. The molecule has 3 unspecified atom stereocenters. The molecule has 9 nitrogen and oxygen atoms in total. The summed E-state index contributed by atoms with van der Waals surface area (Å²) in [6.45, 7) is 1.35. The van der Waals surface area contributed by atoms with Gasteiger partial charge in [-0.25, -0.2) is 9.38 Å². The van der Waals surface area contributed by atoms with Crippen LogP contribution in [-0.2, 0) is 14.2 Å². The number of rotatable bonds is 3. The van der Waals surface area contributed by atoms with Gasteiger partial charge >= 0.3 is 0 Å². The van der Waals surface area contributed by atoms with Crippen molar-refractivity contribution >= 4 is 18.2 Å². The number of nitrogens with zero attached hydrogens (tertiary/aromatic N) is 4. The summed E-state index contributed by atoms with van der Waals surface area (Å²) < 4.78 is 30.8. The lowest BCUT2D eigenvalue weighted by Gasteiger charge is -2.35. The number of fused-ring (bicyclic) bond motifs is 1. The van der Waals surface area contributed by atoms with Crippen LogP contribution in [0.3, 0.4) is 0 Å². The van der Waals surface area contributed by atoms with Gasteiger partial charge in [0.15, 0.2) is 24.1 Å². The molecule has 10 heteroatoms. The van der Waals surface area contributed by atoms with E-state index >= 15 is 4.39 Å². The Morgan fingerprint density at radius 2 is 2.26 bits per heavy atom. The predicted octanol–water partition coefficient (Wildman–Crippen LogP) is -1.14. The Bertz CT molecular complexity index is 567. The van der Waals surface area contributed by atoms with Crippen LogP contribution in [-0.4, -0.2) is 85.3 Å². The summed E-state index contributed by atoms with van der Waals surface area (Å²) in [5.41, 5.74) is 3.65. The average Bonchev–Trinajstić information content (AvgIpc) is 3.01. The summed E-state index contributed by atoms with van der Waals surface area (Å²) in [7, 11) is 2.91. The molecule has 0 saturated carbocycles. The second-order valence-corrected chi connectivity index (χ2v) is 5.79. The molecule has 6 atom stereocenters. The summed E-state index contributed by atoms with van der Waals surface area (Å²) in [6, 6.07) is -0.523. The van der Waals surface area contributed by atoms with Crippen molar-refractivity contribution in [3.8, 4) is 0 Å². The van der Waals surface area contributed by atoms with Crippen molar-refractivity contribution in [2.75, 3.05) is 20.8 Å². The van der Waals surface area contributed by atoms with Crippen molar-refractivity contribution in [3.63, 3.8) is 0 Å². The molecule has 3 rings (SSSR count). The van der Waals surface area contributed by atoms with Crippen molar-refractivity contribution < 1.29 is 23.7 Å². The zero-order chi connectivity index (χ0) is 16.8. The maximum Gasteiger partial charge on any atom is 0.220 e. The Hall–Kier alpha value is -1.78. The first-order chi connectivity index (χ1) is 10.9. The van der Waals surface area contributed by atoms with Crippen LogP contribution >= 0.6 is 0 Å². The number of ether oxygens (including phenoxy) is 3. The zero-order valence-corrected chi connectivity index (χ0v) is 13.1. The first-order valence-electron chi connectivity index (χ1n) is 7.18. The van der Waals surface area contributed by atoms with Gasteiger partial charge in [-0.1, -0.05) is 0 Å². The van der Waals surface area contributed by atoms with Crippen molar-refractivity contribution in [1.82, 2.24) is 4.90 Å². The van der Waals surface area contributed by atoms with E-state index in [4.69, 9.17) is 19.9 Å². The van der Waals surface area contributed by atoms with E-state index in [0.717, 1.165) is 0 Å². The van der Waals surface area contributed by atoms with Crippen LogP contribution in [0.15, 0.2) is 15.0 Å². The van der Waals surface area contributed by atoms with Crippen molar-refractivity contribution in [2.45, 2.75) is 43.2 Å². The molecular formula is C13H20FN5O4. The third-order valence-corrected chi connectivity index (χ3v) is 4.22. The van der Waals surface area contributed by atoms with E-state index in [1.165, 1.54) is 32.4 Å². The van der Waals surface area contributed by atoms with Crippen molar-refractivity contribution in [2.24, 2.45) is 20.7 Å². The number of hydrogen-bond donors (Lipinski definition) is 2. The Kier molecular flexibility index (Phi) is 3.98. The lowest BCUT2D eigenvalue weighted by molar-refractivity contribution is -0.0890. The first-order valence-corrected chi connectivity index (χ1v) is 7.18. The lowest BCUT2D eigenvalue weighted by Crippen LogP contribution is -2.54. The van der Waals surface area contributed by atoms with E-state index in [1.54, 1.807) is 0 Å². The number of alkyl halides is 1.